The summed E-state index contributed by atoms with van der Waals surface area (Å²) in [7, 11) is 0. The first-order valence-electron chi connectivity index (χ1n) is 4.16. The van der Waals surface area contributed by atoms with E-state index in [9.17, 15) is 4.79 Å². The number of aliphatic hydroxyl groups excluding tert-OH is 2. The Hall–Kier alpha value is -0.910. The number of ketones is 1. The maximum absolute atomic E-state index is 10.9. The Kier molecular flexibility index (Phi) is 4.06. The van der Waals surface area contributed by atoms with Gasteiger partial charge in [0.05, 0.1) is 11.5 Å². The van der Waals surface area contributed by atoms with Crippen LogP contribution < -0.4 is 4.74 Å². The quantitative estimate of drug-likeness (QED) is 0.710. The highest BCUT2D eigenvalue weighted by atomic mass is 32.1. The van der Waals surface area contributed by atoms with Gasteiger partial charge in [-0.05, 0) is 19.1 Å². The predicted octanol–water partition coefficient (Wildman–Crippen LogP) is 0.683. The van der Waals surface area contributed by atoms with Crippen molar-refractivity contribution in [1.82, 2.24) is 0 Å². The Morgan fingerprint density at radius 3 is 2.86 bits per heavy atom. The molecule has 0 aromatic carbocycles. The first-order chi connectivity index (χ1) is 6.63. The van der Waals surface area contributed by atoms with Gasteiger partial charge in [0.15, 0.2) is 10.8 Å². The molecule has 0 amide bonds. The summed E-state index contributed by atoms with van der Waals surface area (Å²) in [4.78, 5) is 11.5. The number of Topliss-reactive ketones (excluding diaryl/α,β-unsaturated/α-hetero) is 1. The van der Waals surface area contributed by atoms with Gasteiger partial charge in [0, 0.05) is 0 Å². The third kappa shape index (κ3) is 3.10. The molecule has 0 fully saturated rings. The Morgan fingerprint density at radius 1 is 1.64 bits per heavy atom. The lowest BCUT2D eigenvalue weighted by atomic mass is 10.4. The number of rotatable bonds is 5. The first-order valence-corrected chi connectivity index (χ1v) is 4.97. The number of thiophene rings is 1. The summed E-state index contributed by atoms with van der Waals surface area (Å²) >= 11 is 1.23. The van der Waals surface area contributed by atoms with E-state index in [0.29, 0.717) is 9.94 Å². The van der Waals surface area contributed by atoms with Crippen molar-refractivity contribution in [3.8, 4) is 5.06 Å². The third-order valence-electron chi connectivity index (χ3n) is 1.56. The molecule has 2 N–H and O–H groups in total. The maximum atomic E-state index is 10.9. The fourth-order valence-electron chi connectivity index (χ4n) is 0.818. The van der Waals surface area contributed by atoms with Gasteiger partial charge in [-0.15, -0.1) is 0 Å². The molecule has 1 unspecified atom stereocenters. The van der Waals surface area contributed by atoms with Gasteiger partial charge in [-0.1, -0.05) is 11.3 Å². The summed E-state index contributed by atoms with van der Waals surface area (Å²) < 4.78 is 5.15. The van der Waals surface area contributed by atoms with Gasteiger partial charge < -0.3 is 14.9 Å². The van der Waals surface area contributed by atoms with Crippen molar-refractivity contribution in [1.29, 1.82) is 0 Å². The van der Waals surface area contributed by atoms with Crippen LogP contribution in [0.3, 0.4) is 0 Å². The molecule has 0 bridgehead atoms. The summed E-state index contributed by atoms with van der Waals surface area (Å²) in [5, 5.41) is 18.1. The van der Waals surface area contributed by atoms with E-state index in [1.165, 1.54) is 18.3 Å². The third-order valence-corrected chi connectivity index (χ3v) is 2.66. The second-order valence-electron chi connectivity index (χ2n) is 2.82. The highest BCUT2D eigenvalue weighted by Crippen LogP contribution is 2.24. The molecule has 1 aromatic rings. The van der Waals surface area contributed by atoms with Crippen LogP contribution in [0.5, 0.6) is 5.06 Å². The molecule has 4 nitrogen and oxygen atoms in total. The van der Waals surface area contributed by atoms with Crippen LogP contribution in [-0.2, 0) is 0 Å². The van der Waals surface area contributed by atoms with Crippen LogP contribution >= 0.6 is 11.3 Å². The van der Waals surface area contributed by atoms with E-state index in [0.717, 1.165) is 0 Å². The zero-order chi connectivity index (χ0) is 10.6. The molecule has 1 aromatic heterocycles. The van der Waals surface area contributed by atoms with E-state index in [2.05, 4.69) is 0 Å². The fourth-order valence-corrected chi connectivity index (χ4v) is 1.58. The fraction of sp³-hybridized carbons (Fsp3) is 0.444. The van der Waals surface area contributed by atoms with E-state index >= 15 is 0 Å². The van der Waals surface area contributed by atoms with Crippen molar-refractivity contribution in [3.05, 3.63) is 17.0 Å². The Labute approximate surface area is 85.8 Å². The van der Waals surface area contributed by atoms with Crippen molar-refractivity contribution in [2.24, 2.45) is 0 Å². The van der Waals surface area contributed by atoms with Gasteiger partial charge in [-0.2, -0.15) is 0 Å². The van der Waals surface area contributed by atoms with E-state index < -0.39 is 6.10 Å². The Morgan fingerprint density at radius 2 is 2.36 bits per heavy atom. The minimum atomic E-state index is -0.877. The molecule has 0 aliphatic heterocycles. The highest BCUT2D eigenvalue weighted by molar-refractivity contribution is 7.15. The average molecular weight is 216 g/mol. The number of hydrogen-bond acceptors (Lipinski definition) is 5. The van der Waals surface area contributed by atoms with Crippen molar-refractivity contribution in [3.63, 3.8) is 0 Å². The number of carbonyl (C=O) groups excluding carboxylic acids is 1. The second-order valence-corrected chi connectivity index (χ2v) is 3.87. The highest BCUT2D eigenvalue weighted by Gasteiger charge is 2.07. The largest absolute Gasteiger partial charge is 0.481 e. The maximum Gasteiger partial charge on any atom is 0.174 e. The summed E-state index contributed by atoms with van der Waals surface area (Å²) in [5.74, 6) is -0.00689. The molecule has 0 aliphatic carbocycles. The number of ether oxygens (including phenoxy) is 1. The zero-order valence-electron chi connectivity index (χ0n) is 7.77. The van der Waals surface area contributed by atoms with E-state index in [1.807, 2.05) is 0 Å². The molecule has 0 saturated carbocycles. The molecule has 1 atom stereocenters. The predicted molar refractivity (Wildman–Crippen MR) is 52.9 cm³/mol. The van der Waals surface area contributed by atoms with E-state index in [4.69, 9.17) is 14.9 Å². The Bertz CT molecular complexity index is 308. The molecule has 1 heterocycles. The standard InChI is InChI=1S/C9H12O4S/c1-6(11)8-2-3-9(14-8)13-5-7(12)4-10/h2-3,7,10,12H,4-5H2,1H3. The molecular formula is C9H12O4S. The number of aliphatic hydroxyl groups is 2. The summed E-state index contributed by atoms with van der Waals surface area (Å²) in [6, 6.07) is 3.35. The van der Waals surface area contributed by atoms with Crippen LogP contribution in [0.1, 0.15) is 16.6 Å². The molecular weight excluding hydrogens is 204 g/mol. The van der Waals surface area contributed by atoms with Crippen LogP contribution in [0.15, 0.2) is 12.1 Å². The van der Waals surface area contributed by atoms with Gasteiger partial charge in [0.2, 0.25) is 0 Å². The molecule has 1 rings (SSSR count). The minimum absolute atomic E-state index is 0.00689. The lowest BCUT2D eigenvalue weighted by Crippen LogP contribution is -2.20. The topological polar surface area (TPSA) is 66.8 Å². The van der Waals surface area contributed by atoms with Gasteiger partial charge in [-0.25, -0.2) is 0 Å². The van der Waals surface area contributed by atoms with Crippen LogP contribution in [0, 0.1) is 0 Å². The summed E-state index contributed by atoms with van der Waals surface area (Å²) in [6.07, 6.45) is -0.877. The van der Waals surface area contributed by atoms with Crippen molar-refractivity contribution in [2.75, 3.05) is 13.2 Å². The average Bonchev–Trinajstić information content (AvgIpc) is 2.62. The summed E-state index contributed by atoms with van der Waals surface area (Å²) in [6.45, 7) is 1.19. The lowest BCUT2D eigenvalue weighted by Gasteiger charge is -2.06. The smallest absolute Gasteiger partial charge is 0.174 e. The molecule has 0 saturated heterocycles. The first kappa shape index (κ1) is 11.2. The molecule has 0 radical (unpaired) electrons. The lowest BCUT2D eigenvalue weighted by molar-refractivity contribution is 0.0548. The van der Waals surface area contributed by atoms with Gasteiger partial charge in [0.1, 0.15) is 12.7 Å². The Balaban J connectivity index is 2.48. The van der Waals surface area contributed by atoms with Crippen molar-refractivity contribution >= 4 is 17.1 Å². The molecule has 5 heteroatoms. The molecule has 78 valence electrons. The molecule has 0 spiro atoms. The van der Waals surface area contributed by atoms with Crippen molar-refractivity contribution in [2.45, 2.75) is 13.0 Å². The van der Waals surface area contributed by atoms with Gasteiger partial charge in [-0.3, -0.25) is 4.79 Å². The van der Waals surface area contributed by atoms with E-state index in [-0.39, 0.29) is 19.0 Å². The monoisotopic (exact) mass is 216 g/mol. The molecule has 0 aliphatic rings. The summed E-state index contributed by atoms with van der Waals surface area (Å²) in [5.41, 5.74) is 0. The van der Waals surface area contributed by atoms with Gasteiger partial charge >= 0.3 is 0 Å². The molecule has 14 heavy (non-hydrogen) atoms. The number of carbonyl (C=O) groups is 1. The number of hydrogen-bond donors (Lipinski definition) is 2. The SMILES string of the molecule is CC(=O)c1ccc(OCC(O)CO)s1. The minimum Gasteiger partial charge on any atom is -0.481 e. The van der Waals surface area contributed by atoms with Crippen LogP contribution in [0.2, 0.25) is 0 Å². The normalized spacial score (nSPS) is 12.5. The van der Waals surface area contributed by atoms with Crippen LogP contribution in [0.25, 0.3) is 0 Å². The second kappa shape index (κ2) is 5.09. The van der Waals surface area contributed by atoms with E-state index in [1.54, 1.807) is 12.1 Å². The van der Waals surface area contributed by atoms with Crippen molar-refractivity contribution < 1.29 is 19.7 Å². The van der Waals surface area contributed by atoms with Crippen LogP contribution in [-0.4, -0.2) is 35.3 Å². The zero-order valence-corrected chi connectivity index (χ0v) is 8.58. The van der Waals surface area contributed by atoms with Gasteiger partial charge in [0.25, 0.3) is 0 Å². The van der Waals surface area contributed by atoms with Crippen LogP contribution in [0.4, 0.5) is 0 Å².